The van der Waals surface area contributed by atoms with Gasteiger partial charge >= 0.3 is 11.9 Å². The van der Waals surface area contributed by atoms with Crippen LogP contribution in [0.25, 0.3) is 0 Å². The molecule has 0 spiro atoms. The van der Waals surface area contributed by atoms with Crippen molar-refractivity contribution in [2.45, 2.75) is 37.9 Å². The molecule has 1 aromatic carbocycles. The zero-order chi connectivity index (χ0) is 13.8. The van der Waals surface area contributed by atoms with Crippen molar-refractivity contribution in [2.75, 3.05) is 0 Å². The van der Waals surface area contributed by atoms with E-state index in [2.05, 4.69) is 0 Å². The van der Waals surface area contributed by atoms with Crippen LogP contribution in [0.15, 0.2) is 30.3 Å². The predicted octanol–water partition coefficient (Wildman–Crippen LogP) is 2.00. The Morgan fingerprint density at radius 3 is 2.00 bits per heavy atom. The second kappa shape index (κ2) is 7.26. The fourth-order valence-electron chi connectivity index (χ4n) is 2.60. The maximum Gasteiger partial charge on any atom is 0.320 e. The second-order valence-electron chi connectivity index (χ2n) is 4.80. The molecule has 0 aromatic heterocycles. The van der Waals surface area contributed by atoms with Crippen molar-refractivity contribution < 1.29 is 19.8 Å². The molecule has 1 aromatic rings. The van der Waals surface area contributed by atoms with Crippen molar-refractivity contribution in [3.8, 4) is 0 Å². The molecule has 0 radical (unpaired) electrons. The minimum atomic E-state index is -0.943. The molecule has 0 aliphatic carbocycles. The Balaban J connectivity index is 0.00000200. The molecule has 110 valence electrons. The molecule has 2 N–H and O–H groups in total. The summed E-state index contributed by atoms with van der Waals surface area (Å²) in [5.41, 5.74) is 0.932. The SMILES string of the molecule is Cl.O=C(O)[C@H]1CCC[C@@H](C(=O)O)N1Cc1ccccc1. The average molecular weight is 300 g/mol. The molecular weight excluding hydrogens is 282 g/mol. The van der Waals surface area contributed by atoms with E-state index >= 15 is 0 Å². The standard InChI is InChI=1S/C14H17NO4.ClH/c16-13(17)11-7-4-8-12(14(18)19)15(11)9-10-5-2-1-3-6-10;/h1-3,5-6,11-12H,4,7-9H2,(H,16,17)(H,18,19);1H/t11-,12+;. The van der Waals surface area contributed by atoms with E-state index in [9.17, 15) is 19.8 Å². The second-order valence-corrected chi connectivity index (χ2v) is 4.80. The van der Waals surface area contributed by atoms with Crippen LogP contribution in [0.1, 0.15) is 24.8 Å². The van der Waals surface area contributed by atoms with Crippen molar-refractivity contribution in [3.05, 3.63) is 35.9 Å². The Kier molecular flexibility index (Phi) is 5.98. The van der Waals surface area contributed by atoms with Crippen LogP contribution in [-0.2, 0) is 16.1 Å². The minimum absolute atomic E-state index is 0. The van der Waals surface area contributed by atoms with E-state index in [0.29, 0.717) is 25.8 Å². The van der Waals surface area contributed by atoms with E-state index < -0.39 is 24.0 Å². The Morgan fingerprint density at radius 1 is 1.05 bits per heavy atom. The van der Waals surface area contributed by atoms with E-state index in [4.69, 9.17) is 0 Å². The first-order chi connectivity index (χ1) is 9.09. The van der Waals surface area contributed by atoms with Crippen LogP contribution < -0.4 is 0 Å². The van der Waals surface area contributed by atoms with Gasteiger partial charge in [0.25, 0.3) is 0 Å². The molecule has 1 heterocycles. The fourth-order valence-corrected chi connectivity index (χ4v) is 2.60. The number of rotatable bonds is 4. The molecule has 20 heavy (non-hydrogen) atoms. The lowest BCUT2D eigenvalue weighted by atomic mass is 9.94. The van der Waals surface area contributed by atoms with E-state index in [-0.39, 0.29) is 12.4 Å². The molecule has 5 nitrogen and oxygen atoms in total. The minimum Gasteiger partial charge on any atom is -0.480 e. The summed E-state index contributed by atoms with van der Waals surface area (Å²) in [5.74, 6) is -1.89. The lowest BCUT2D eigenvalue weighted by Crippen LogP contribution is -2.52. The number of carbonyl (C=O) groups is 2. The van der Waals surface area contributed by atoms with Crippen LogP contribution in [0.3, 0.4) is 0 Å². The summed E-state index contributed by atoms with van der Waals surface area (Å²) in [7, 11) is 0. The van der Waals surface area contributed by atoms with Crippen LogP contribution in [0.2, 0.25) is 0 Å². The van der Waals surface area contributed by atoms with Crippen molar-refractivity contribution in [1.29, 1.82) is 0 Å². The number of nitrogens with zero attached hydrogens (tertiary/aromatic N) is 1. The monoisotopic (exact) mass is 299 g/mol. The van der Waals surface area contributed by atoms with E-state index in [0.717, 1.165) is 5.56 Å². The maximum atomic E-state index is 11.3. The van der Waals surface area contributed by atoms with Gasteiger partial charge in [-0.2, -0.15) is 0 Å². The highest BCUT2D eigenvalue weighted by Crippen LogP contribution is 2.25. The van der Waals surface area contributed by atoms with Crippen molar-refractivity contribution in [2.24, 2.45) is 0 Å². The molecule has 2 atom stereocenters. The van der Waals surface area contributed by atoms with Gasteiger partial charge in [0, 0.05) is 6.54 Å². The predicted molar refractivity (Wildman–Crippen MR) is 75.9 cm³/mol. The molecule has 1 fully saturated rings. The third kappa shape index (κ3) is 3.71. The highest BCUT2D eigenvalue weighted by Gasteiger charge is 2.38. The molecule has 1 aliphatic heterocycles. The topological polar surface area (TPSA) is 77.8 Å². The highest BCUT2D eigenvalue weighted by molar-refractivity contribution is 5.85. The number of hydrogen-bond donors (Lipinski definition) is 2. The van der Waals surface area contributed by atoms with Crippen LogP contribution in [0.5, 0.6) is 0 Å². The third-order valence-electron chi connectivity index (χ3n) is 3.53. The Morgan fingerprint density at radius 2 is 1.55 bits per heavy atom. The first kappa shape index (κ1) is 16.5. The van der Waals surface area contributed by atoms with E-state index in [1.807, 2.05) is 30.3 Å². The van der Waals surface area contributed by atoms with Crippen molar-refractivity contribution in [1.82, 2.24) is 4.90 Å². The zero-order valence-electron chi connectivity index (χ0n) is 10.9. The van der Waals surface area contributed by atoms with Crippen LogP contribution in [0.4, 0.5) is 0 Å². The van der Waals surface area contributed by atoms with Gasteiger partial charge in [0.05, 0.1) is 0 Å². The quantitative estimate of drug-likeness (QED) is 0.889. The lowest BCUT2D eigenvalue weighted by Gasteiger charge is -2.37. The molecule has 1 aliphatic rings. The first-order valence-electron chi connectivity index (χ1n) is 6.35. The largest absolute Gasteiger partial charge is 0.480 e. The van der Waals surface area contributed by atoms with Gasteiger partial charge in [0.15, 0.2) is 0 Å². The summed E-state index contributed by atoms with van der Waals surface area (Å²) in [6.45, 7) is 0.356. The van der Waals surface area contributed by atoms with Gasteiger partial charge in [-0.05, 0) is 24.8 Å². The van der Waals surface area contributed by atoms with Crippen LogP contribution in [0, 0.1) is 0 Å². The molecular formula is C14H18ClNO4. The number of benzene rings is 1. The van der Waals surface area contributed by atoms with Crippen molar-refractivity contribution >= 4 is 24.3 Å². The summed E-state index contributed by atoms with van der Waals surface area (Å²) in [6, 6.07) is 7.95. The Labute approximate surface area is 123 Å². The zero-order valence-corrected chi connectivity index (χ0v) is 11.8. The van der Waals surface area contributed by atoms with Gasteiger partial charge < -0.3 is 10.2 Å². The number of likely N-dealkylation sites (tertiary alicyclic amines) is 1. The summed E-state index contributed by atoms with van der Waals surface area (Å²) in [6.07, 6.45) is 1.65. The van der Waals surface area contributed by atoms with Gasteiger partial charge in [-0.3, -0.25) is 14.5 Å². The third-order valence-corrected chi connectivity index (χ3v) is 3.53. The average Bonchev–Trinajstić information content (AvgIpc) is 2.39. The highest BCUT2D eigenvalue weighted by atomic mass is 35.5. The van der Waals surface area contributed by atoms with E-state index in [1.165, 1.54) is 0 Å². The summed E-state index contributed by atoms with van der Waals surface area (Å²) in [5, 5.41) is 18.5. The fraction of sp³-hybridized carbons (Fsp3) is 0.429. The Bertz CT molecular complexity index is 444. The molecule has 0 amide bonds. The maximum absolute atomic E-state index is 11.3. The number of aliphatic carboxylic acids is 2. The van der Waals surface area contributed by atoms with Crippen molar-refractivity contribution in [3.63, 3.8) is 0 Å². The molecule has 1 saturated heterocycles. The summed E-state index contributed by atoms with van der Waals surface area (Å²) < 4.78 is 0. The van der Waals surface area contributed by atoms with Gasteiger partial charge in [0.2, 0.25) is 0 Å². The van der Waals surface area contributed by atoms with Crippen LogP contribution in [-0.4, -0.2) is 39.1 Å². The summed E-state index contributed by atoms with van der Waals surface area (Å²) in [4.78, 5) is 24.2. The first-order valence-corrected chi connectivity index (χ1v) is 6.35. The van der Waals surface area contributed by atoms with Gasteiger partial charge in [-0.1, -0.05) is 30.3 Å². The lowest BCUT2D eigenvalue weighted by molar-refractivity contribution is -0.154. The Hall–Kier alpha value is -1.59. The molecule has 2 rings (SSSR count). The van der Waals surface area contributed by atoms with Gasteiger partial charge in [-0.25, -0.2) is 0 Å². The van der Waals surface area contributed by atoms with Gasteiger partial charge in [-0.15, -0.1) is 12.4 Å². The van der Waals surface area contributed by atoms with E-state index in [1.54, 1.807) is 4.90 Å². The number of hydrogen-bond acceptors (Lipinski definition) is 3. The number of piperidine rings is 1. The summed E-state index contributed by atoms with van der Waals surface area (Å²) >= 11 is 0. The number of carboxylic acid groups (broad SMARTS) is 2. The number of halogens is 1. The van der Waals surface area contributed by atoms with Crippen LogP contribution >= 0.6 is 12.4 Å². The molecule has 0 saturated carbocycles. The number of carboxylic acids is 2. The smallest absolute Gasteiger partial charge is 0.320 e. The normalized spacial score (nSPS) is 22.8. The molecule has 6 heteroatoms. The van der Waals surface area contributed by atoms with Gasteiger partial charge in [0.1, 0.15) is 12.1 Å². The molecule has 0 unspecified atom stereocenters. The molecule has 0 bridgehead atoms.